The summed E-state index contributed by atoms with van der Waals surface area (Å²) in [5.74, 6) is 1.80. The highest BCUT2D eigenvalue weighted by Gasteiger charge is 2.49. The van der Waals surface area contributed by atoms with Crippen LogP contribution in [0.5, 0.6) is 0 Å². The number of para-hydroxylation sites is 1. The predicted molar refractivity (Wildman–Crippen MR) is 90.6 cm³/mol. The molecule has 1 aliphatic carbocycles. The van der Waals surface area contributed by atoms with Gasteiger partial charge in [0.05, 0.1) is 23.7 Å². The standard InChI is InChI=1S/C20H21NO2/c1-14-7-3-4-8-16(14)21-13-17-18(15-9-12-22-19(15)23-17)20(21)10-5-2-6-11-20/h3-4,7-9,12H,2,5-6,10-11,13H2,1H3. The first-order chi connectivity index (χ1) is 11.3. The van der Waals surface area contributed by atoms with E-state index in [1.54, 1.807) is 6.26 Å². The van der Waals surface area contributed by atoms with E-state index < -0.39 is 0 Å². The van der Waals surface area contributed by atoms with Gasteiger partial charge in [0, 0.05) is 11.3 Å². The van der Waals surface area contributed by atoms with Gasteiger partial charge in [0.1, 0.15) is 5.76 Å². The molecule has 1 spiro atoms. The highest BCUT2D eigenvalue weighted by atomic mass is 16.5. The van der Waals surface area contributed by atoms with Gasteiger partial charge in [-0.15, -0.1) is 0 Å². The fraction of sp³-hybridized carbons (Fsp3) is 0.400. The molecule has 0 unspecified atom stereocenters. The number of fused-ring (bicyclic) bond motifs is 4. The van der Waals surface area contributed by atoms with E-state index in [2.05, 4.69) is 42.2 Å². The second-order valence-electron chi connectivity index (χ2n) is 6.99. The van der Waals surface area contributed by atoms with Gasteiger partial charge in [0.2, 0.25) is 0 Å². The third-order valence-corrected chi connectivity index (χ3v) is 5.76. The maximum absolute atomic E-state index is 6.06. The minimum absolute atomic E-state index is 0.0782. The number of benzene rings is 1. The number of hydrogen-bond donors (Lipinski definition) is 0. The van der Waals surface area contributed by atoms with E-state index in [0.717, 1.165) is 12.3 Å². The van der Waals surface area contributed by atoms with E-state index in [4.69, 9.17) is 8.83 Å². The molecule has 0 saturated heterocycles. The Bertz CT molecular complexity index is 867. The maximum atomic E-state index is 6.06. The zero-order valence-electron chi connectivity index (χ0n) is 13.5. The number of rotatable bonds is 1. The summed E-state index contributed by atoms with van der Waals surface area (Å²) in [6.45, 7) is 3.06. The lowest BCUT2D eigenvalue weighted by Gasteiger charge is -2.44. The van der Waals surface area contributed by atoms with Crippen LogP contribution in [0.1, 0.15) is 49.0 Å². The van der Waals surface area contributed by atoms with E-state index >= 15 is 0 Å². The van der Waals surface area contributed by atoms with Gasteiger partial charge in [-0.3, -0.25) is 0 Å². The summed E-state index contributed by atoms with van der Waals surface area (Å²) in [6.07, 6.45) is 8.06. The van der Waals surface area contributed by atoms with Crippen molar-refractivity contribution in [2.45, 2.75) is 51.1 Å². The molecule has 1 saturated carbocycles. The highest BCUT2D eigenvalue weighted by Crippen LogP contribution is 2.54. The summed E-state index contributed by atoms with van der Waals surface area (Å²) in [5, 5.41) is 1.18. The zero-order chi connectivity index (χ0) is 15.4. The van der Waals surface area contributed by atoms with Crippen molar-refractivity contribution in [1.29, 1.82) is 0 Å². The van der Waals surface area contributed by atoms with Crippen LogP contribution in [0, 0.1) is 6.92 Å². The molecule has 118 valence electrons. The van der Waals surface area contributed by atoms with Crippen molar-refractivity contribution in [3.63, 3.8) is 0 Å². The minimum atomic E-state index is 0.0782. The number of anilines is 1. The van der Waals surface area contributed by atoms with Crippen molar-refractivity contribution in [2.24, 2.45) is 0 Å². The molecule has 3 nitrogen and oxygen atoms in total. The highest BCUT2D eigenvalue weighted by molar-refractivity contribution is 5.82. The summed E-state index contributed by atoms with van der Waals surface area (Å²) in [6, 6.07) is 10.8. The van der Waals surface area contributed by atoms with Crippen molar-refractivity contribution in [3.8, 4) is 0 Å². The SMILES string of the molecule is Cc1ccccc1N1Cc2oc3occc3c2C12CCCCC2. The molecule has 1 fully saturated rings. The molecular weight excluding hydrogens is 286 g/mol. The van der Waals surface area contributed by atoms with Gasteiger partial charge in [0.15, 0.2) is 0 Å². The van der Waals surface area contributed by atoms with Crippen LogP contribution in [0.2, 0.25) is 0 Å². The Morgan fingerprint density at radius 2 is 1.87 bits per heavy atom. The van der Waals surface area contributed by atoms with Gasteiger partial charge in [-0.1, -0.05) is 37.5 Å². The summed E-state index contributed by atoms with van der Waals surface area (Å²) in [7, 11) is 0. The van der Waals surface area contributed by atoms with E-state index in [1.165, 1.54) is 54.3 Å². The van der Waals surface area contributed by atoms with Gasteiger partial charge in [-0.05, 0) is 37.5 Å². The molecule has 0 radical (unpaired) electrons. The number of hydrogen-bond acceptors (Lipinski definition) is 3. The Labute approximate surface area is 135 Å². The van der Waals surface area contributed by atoms with Gasteiger partial charge < -0.3 is 13.7 Å². The van der Waals surface area contributed by atoms with Gasteiger partial charge >= 0.3 is 0 Å². The molecule has 1 aromatic carbocycles. The lowest BCUT2D eigenvalue weighted by molar-refractivity contribution is 0.295. The van der Waals surface area contributed by atoms with Crippen LogP contribution in [-0.2, 0) is 12.1 Å². The van der Waals surface area contributed by atoms with Gasteiger partial charge in [0.25, 0.3) is 5.78 Å². The van der Waals surface area contributed by atoms with Gasteiger partial charge in [-0.25, -0.2) is 0 Å². The van der Waals surface area contributed by atoms with Crippen LogP contribution in [-0.4, -0.2) is 0 Å². The third kappa shape index (κ3) is 1.71. The quantitative estimate of drug-likeness (QED) is 0.593. The Morgan fingerprint density at radius 1 is 1.04 bits per heavy atom. The van der Waals surface area contributed by atoms with Crippen molar-refractivity contribution in [1.82, 2.24) is 0 Å². The van der Waals surface area contributed by atoms with Crippen LogP contribution in [0.3, 0.4) is 0 Å². The van der Waals surface area contributed by atoms with E-state index in [0.29, 0.717) is 5.78 Å². The topological polar surface area (TPSA) is 29.5 Å². The lowest BCUT2D eigenvalue weighted by atomic mass is 9.76. The second kappa shape index (κ2) is 4.67. The molecule has 0 amide bonds. The molecule has 0 N–H and O–H groups in total. The Morgan fingerprint density at radius 3 is 2.70 bits per heavy atom. The monoisotopic (exact) mass is 307 g/mol. The average molecular weight is 307 g/mol. The van der Waals surface area contributed by atoms with Crippen molar-refractivity contribution < 1.29 is 8.83 Å². The van der Waals surface area contributed by atoms with Crippen LogP contribution in [0.4, 0.5) is 5.69 Å². The normalized spacial score (nSPS) is 19.6. The molecule has 3 heteroatoms. The first-order valence-corrected chi connectivity index (χ1v) is 8.62. The summed E-state index contributed by atoms with van der Waals surface area (Å²) in [4.78, 5) is 2.60. The van der Waals surface area contributed by atoms with Crippen LogP contribution < -0.4 is 4.90 Å². The second-order valence-corrected chi connectivity index (χ2v) is 6.99. The molecular formula is C20H21NO2. The molecule has 3 heterocycles. The van der Waals surface area contributed by atoms with Crippen molar-refractivity contribution in [3.05, 3.63) is 53.5 Å². The Kier molecular flexibility index (Phi) is 2.70. The van der Waals surface area contributed by atoms with Crippen molar-refractivity contribution in [2.75, 3.05) is 4.90 Å². The number of aryl methyl sites for hydroxylation is 1. The van der Waals surface area contributed by atoms with Crippen LogP contribution in [0.15, 0.2) is 45.4 Å². The summed E-state index contributed by atoms with van der Waals surface area (Å²) in [5.41, 5.74) is 4.15. The molecule has 0 atom stereocenters. The smallest absolute Gasteiger partial charge is 0.297 e. The van der Waals surface area contributed by atoms with E-state index in [-0.39, 0.29) is 5.54 Å². The zero-order valence-corrected chi connectivity index (χ0v) is 13.5. The van der Waals surface area contributed by atoms with Crippen LogP contribution >= 0.6 is 0 Å². The maximum Gasteiger partial charge on any atom is 0.297 e. The molecule has 0 bridgehead atoms. The number of furan rings is 2. The molecule has 5 rings (SSSR count). The molecule has 2 aromatic heterocycles. The lowest BCUT2D eigenvalue weighted by Crippen LogP contribution is -2.43. The van der Waals surface area contributed by atoms with E-state index in [1.807, 2.05) is 0 Å². The minimum Gasteiger partial charge on any atom is -0.433 e. The van der Waals surface area contributed by atoms with Crippen LogP contribution in [0.25, 0.3) is 11.2 Å². The van der Waals surface area contributed by atoms with Crippen molar-refractivity contribution >= 4 is 16.9 Å². The first-order valence-electron chi connectivity index (χ1n) is 8.62. The first kappa shape index (κ1) is 13.3. The van der Waals surface area contributed by atoms with E-state index in [9.17, 15) is 0 Å². The molecule has 3 aromatic rings. The average Bonchev–Trinajstić information content (AvgIpc) is 3.21. The Hall–Kier alpha value is -2.16. The van der Waals surface area contributed by atoms with Gasteiger partial charge in [-0.2, -0.15) is 0 Å². The Balaban J connectivity index is 1.73. The summed E-state index contributed by atoms with van der Waals surface area (Å²) < 4.78 is 11.6. The predicted octanol–water partition coefficient (Wildman–Crippen LogP) is 5.51. The molecule has 1 aliphatic heterocycles. The third-order valence-electron chi connectivity index (χ3n) is 5.76. The summed E-state index contributed by atoms with van der Waals surface area (Å²) >= 11 is 0. The molecule has 2 aliphatic rings. The fourth-order valence-electron chi connectivity index (χ4n) is 4.76. The largest absolute Gasteiger partial charge is 0.433 e. The number of nitrogens with zero attached hydrogens (tertiary/aromatic N) is 1. The molecule has 23 heavy (non-hydrogen) atoms. The fourth-order valence-corrected chi connectivity index (χ4v) is 4.76.